The zero-order valence-corrected chi connectivity index (χ0v) is 11.1. The summed E-state index contributed by atoms with van der Waals surface area (Å²) in [6.45, 7) is 4.16. The van der Waals surface area contributed by atoms with Crippen LogP contribution in [0.4, 0.5) is 5.82 Å². The van der Waals surface area contributed by atoms with Gasteiger partial charge < -0.3 is 10.2 Å². The second kappa shape index (κ2) is 4.31. The maximum absolute atomic E-state index is 4.62. The van der Waals surface area contributed by atoms with Crippen molar-refractivity contribution in [1.29, 1.82) is 0 Å². The van der Waals surface area contributed by atoms with E-state index < -0.39 is 0 Å². The van der Waals surface area contributed by atoms with Crippen LogP contribution in [0.1, 0.15) is 0 Å². The number of pyridine rings is 1. The Balaban J connectivity index is 2.09. The second-order valence-corrected chi connectivity index (χ2v) is 5.60. The lowest BCUT2D eigenvalue weighted by Gasteiger charge is -2.29. The minimum absolute atomic E-state index is 0.927. The molecule has 84 valence electrons. The number of nitrogens with zero attached hydrogens (tertiary/aromatic N) is 2. The number of nitrogens with one attached hydrogen (secondary N) is 1. The van der Waals surface area contributed by atoms with Gasteiger partial charge in [-0.25, -0.2) is 4.98 Å². The topological polar surface area (TPSA) is 28.2 Å². The average Bonchev–Trinajstić information content (AvgIpc) is 2.77. The van der Waals surface area contributed by atoms with Crippen LogP contribution in [0.25, 0.3) is 10.1 Å². The summed E-state index contributed by atoms with van der Waals surface area (Å²) in [5, 5.41) is 6.77. The molecule has 1 fully saturated rings. The smallest absolute Gasteiger partial charge is 0.138 e. The van der Waals surface area contributed by atoms with Gasteiger partial charge in [0.25, 0.3) is 0 Å². The van der Waals surface area contributed by atoms with Gasteiger partial charge in [-0.15, -0.1) is 11.3 Å². The van der Waals surface area contributed by atoms with Crippen LogP contribution in [-0.2, 0) is 0 Å². The first-order valence-electron chi connectivity index (χ1n) is 5.34. The van der Waals surface area contributed by atoms with E-state index in [0.717, 1.165) is 36.6 Å². The molecule has 3 heterocycles. The van der Waals surface area contributed by atoms with Crippen LogP contribution in [0, 0.1) is 0 Å². The summed E-state index contributed by atoms with van der Waals surface area (Å²) in [7, 11) is 0. The van der Waals surface area contributed by atoms with Crippen molar-refractivity contribution in [2.24, 2.45) is 0 Å². The molecule has 1 aliphatic heterocycles. The van der Waals surface area contributed by atoms with Crippen molar-refractivity contribution in [3.63, 3.8) is 0 Å². The minimum atomic E-state index is 0.927. The maximum atomic E-state index is 4.62. The van der Waals surface area contributed by atoms with Crippen LogP contribution in [-0.4, -0.2) is 31.2 Å². The highest BCUT2D eigenvalue weighted by Crippen LogP contribution is 2.31. The molecule has 0 aromatic carbocycles. The zero-order valence-electron chi connectivity index (χ0n) is 8.74. The lowest BCUT2D eigenvalue weighted by molar-refractivity contribution is 0.586. The van der Waals surface area contributed by atoms with Crippen LogP contribution in [0.2, 0.25) is 0 Å². The first-order chi connectivity index (χ1) is 7.84. The SMILES string of the molecule is Brc1cc2sccc2c(N2CCNCC2)n1. The summed E-state index contributed by atoms with van der Waals surface area (Å²) >= 11 is 5.26. The van der Waals surface area contributed by atoms with Gasteiger partial charge in [-0.2, -0.15) is 0 Å². The minimum Gasteiger partial charge on any atom is -0.353 e. The summed E-state index contributed by atoms with van der Waals surface area (Å²) in [5.74, 6) is 1.12. The predicted octanol–water partition coefficient (Wildman–Crippen LogP) is 2.47. The van der Waals surface area contributed by atoms with Crippen LogP contribution in [0.5, 0.6) is 0 Å². The molecule has 3 rings (SSSR count). The molecule has 1 N–H and O–H groups in total. The van der Waals surface area contributed by atoms with Crippen LogP contribution in [0.15, 0.2) is 22.1 Å². The van der Waals surface area contributed by atoms with E-state index in [1.54, 1.807) is 11.3 Å². The van der Waals surface area contributed by atoms with Gasteiger partial charge in [0, 0.05) is 36.3 Å². The van der Waals surface area contributed by atoms with Crippen molar-refractivity contribution >= 4 is 43.2 Å². The highest BCUT2D eigenvalue weighted by molar-refractivity contribution is 9.10. The van der Waals surface area contributed by atoms with Crippen molar-refractivity contribution in [2.45, 2.75) is 0 Å². The number of aromatic nitrogens is 1. The molecule has 16 heavy (non-hydrogen) atoms. The highest BCUT2D eigenvalue weighted by atomic mass is 79.9. The molecule has 2 aromatic heterocycles. The standard InChI is InChI=1S/C11H12BrN3S/c12-10-7-9-8(1-6-16-9)11(14-10)15-4-2-13-3-5-15/h1,6-7,13H,2-5H2. The summed E-state index contributed by atoms with van der Waals surface area (Å²) in [5.41, 5.74) is 0. The lowest BCUT2D eigenvalue weighted by atomic mass is 10.2. The summed E-state index contributed by atoms with van der Waals surface area (Å²) in [6, 6.07) is 4.25. The van der Waals surface area contributed by atoms with Gasteiger partial charge in [-0.3, -0.25) is 0 Å². The second-order valence-electron chi connectivity index (χ2n) is 3.84. The quantitative estimate of drug-likeness (QED) is 0.820. The van der Waals surface area contributed by atoms with Gasteiger partial charge in [0.2, 0.25) is 0 Å². The molecule has 0 atom stereocenters. The molecule has 0 radical (unpaired) electrons. The van der Waals surface area contributed by atoms with E-state index in [9.17, 15) is 0 Å². The van der Waals surface area contributed by atoms with E-state index in [-0.39, 0.29) is 0 Å². The first-order valence-corrected chi connectivity index (χ1v) is 7.01. The number of thiophene rings is 1. The first kappa shape index (κ1) is 10.5. The van der Waals surface area contributed by atoms with Crippen LogP contribution in [0.3, 0.4) is 0 Å². The molecule has 0 spiro atoms. The Hall–Kier alpha value is -0.650. The Bertz CT molecular complexity index is 505. The van der Waals surface area contributed by atoms with Crippen molar-refractivity contribution in [2.75, 3.05) is 31.1 Å². The van der Waals surface area contributed by atoms with Gasteiger partial charge >= 0.3 is 0 Å². The van der Waals surface area contributed by atoms with Gasteiger partial charge in [-0.05, 0) is 33.4 Å². The molecule has 0 bridgehead atoms. The Labute approximate surface area is 107 Å². The summed E-state index contributed by atoms with van der Waals surface area (Å²) in [6.07, 6.45) is 0. The molecule has 1 saturated heterocycles. The number of hydrogen-bond donors (Lipinski definition) is 1. The number of rotatable bonds is 1. The monoisotopic (exact) mass is 297 g/mol. The van der Waals surface area contributed by atoms with Gasteiger partial charge in [0.05, 0.1) is 0 Å². The fourth-order valence-corrected chi connectivity index (χ4v) is 3.40. The average molecular weight is 298 g/mol. The lowest BCUT2D eigenvalue weighted by Crippen LogP contribution is -2.43. The van der Waals surface area contributed by atoms with E-state index in [0.29, 0.717) is 0 Å². The Kier molecular flexibility index (Phi) is 2.83. The van der Waals surface area contributed by atoms with E-state index in [4.69, 9.17) is 0 Å². The van der Waals surface area contributed by atoms with Gasteiger partial charge in [0.15, 0.2) is 0 Å². The Morgan fingerprint density at radius 1 is 1.38 bits per heavy atom. The molecular weight excluding hydrogens is 286 g/mol. The van der Waals surface area contributed by atoms with Crippen molar-refractivity contribution < 1.29 is 0 Å². The molecule has 1 aliphatic rings. The number of anilines is 1. The Morgan fingerprint density at radius 3 is 3.00 bits per heavy atom. The molecule has 0 unspecified atom stereocenters. The third-order valence-electron chi connectivity index (χ3n) is 2.82. The molecule has 2 aromatic rings. The molecule has 0 saturated carbocycles. The largest absolute Gasteiger partial charge is 0.353 e. The number of halogens is 1. The van der Waals surface area contributed by atoms with Crippen molar-refractivity contribution in [3.05, 3.63) is 22.1 Å². The van der Waals surface area contributed by atoms with E-state index in [1.165, 1.54) is 10.1 Å². The molecule has 0 amide bonds. The molecule has 3 nitrogen and oxygen atoms in total. The fraction of sp³-hybridized carbons (Fsp3) is 0.364. The van der Waals surface area contributed by atoms with Crippen molar-refractivity contribution in [3.8, 4) is 0 Å². The highest BCUT2D eigenvalue weighted by Gasteiger charge is 2.15. The van der Waals surface area contributed by atoms with Gasteiger partial charge in [-0.1, -0.05) is 0 Å². The summed E-state index contributed by atoms with van der Waals surface area (Å²) in [4.78, 5) is 6.98. The zero-order chi connectivity index (χ0) is 11.0. The molecular formula is C11H12BrN3S. The third kappa shape index (κ3) is 1.83. The van der Waals surface area contributed by atoms with E-state index in [1.807, 2.05) is 0 Å². The van der Waals surface area contributed by atoms with Crippen LogP contribution >= 0.6 is 27.3 Å². The maximum Gasteiger partial charge on any atom is 0.138 e. The Morgan fingerprint density at radius 2 is 2.19 bits per heavy atom. The number of fused-ring (bicyclic) bond motifs is 1. The summed E-state index contributed by atoms with van der Waals surface area (Å²) < 4.78 is 2.23. The van der Waals surface area contributed by atoms with Gasteiger partial charge in [0.1, 0.15) is 10.4 Å². The number of piperazine rings is 1. The molecule has 5 heteroatoms. The predicted molar refractivity (Wildman–Crippen MR) is 72.4 cm³/mol. The molecule has 0 aliphatic carbocycles. The number of hydrogen-bond acceptors (Lipinski definition) is 4. The van der Waals surface area contributed by atoms with E-state index in [2.05, 4.69) is 48.6 Å². The van der Waals surface area contributed by atoms with E-state index >= 15 is 0 Å². The van der Waals surface area contributed by atoms with Crippen molar-refractivity contribution in [1.82, 2.24) is 10.3 Å². The third-order valence-corrected chi connectivity index (χ3v) is 4.09. The fourth-order valence-electron chi connectivity index (χ4n) is 2.04. The normalized spacial score (nSPS) is 16.9. The van der Waals surface area contributed by atoms with Crippen LogP contribution < -0.4 is 10.2 Å².